The number of ether oxygens (including phenoxy) is 4. The van der Waals surface area contributed by atoms with Gasteiger partial charge in [0.2, 0.25) is 23.3 Å². The van der Waals surface area contributed by atoms with E-state index in [-0.39, 0.29) is 11.8 Å². The maximum absolute atomic E-state index is 7.23. The largest absolute Gasteiger partial charge is 0.508 e. The van der Waals surface area contributed by atoms with Crippen LogP contribution < -0.4 is 40.2 Å². The summed E-state index contributed by atoms with van der Waals surface area (Å²) in [5, 5.41) is 12.9. The highest BCUT2D eigenvalue weighted by Gasteiger charge is 2.31. The van der Waals surface area contributed by atoms with Crippen molar-refractivity contribution in [2.75, 3.05) is 63.8 Å². The molecule has 4 N–H and O–H groups in total. The number of nitrogens with one attached hydrogen (secondary N) is 4. The van der Waals surface area contributed by atoms with Crippen molar-refractivity contribution in [3.8, 4) is 23.0 Å². The van der Waals surface area contributed by atoms with Gasteiger partial charge in [-0.3, -0.25) is 0 Å². The minimum atomic E-state index is 0.185. The van der Waals surface area contributed by atoms with Crippen molar-refractivity contribution < 1.29 is 18.9 Å². The Morgan fingerprint density at radius 3 is 1.35 bits per heavy atom. The van der Waals surface area contributed by atoms with E-state index < -0.39 is 0 Å². The van der Waals surface area contributed by atoms with Crippen molar-refractivity contribution in [2.45, 2.75) is 37.5 Å². The van der Waals surface area contributed by atoms with Crippen LogP contribution in [0.15, 0.2) is 84.9 Å². The number of nitrogens with zero attached hydrogens (tertiary/aromatic N) is 6. The Morgan fingerprint density at radius 1 is 0.550 bits per heavy atom. The molecule has 0 fully saturated rings. The second-order valence-electron chi connectivity index (χ2n) is 14.0. The fourth-order valence-electron chi connectivity index (χ4n) is 7.77. The van der Waals surface area contributed by atoms with Gasteiger partial charge in [-0.05, 0) is 85.3 Å². The van der Waals surface area contributed by atoms with Crippen LogP contribution in [-0.2, 0) is 12.8 Å². The topological polar surface area (TPSA) is 145 Å². The predicted molar refractivity (Wildman–Crippen MR) is 235 cm³/mol. The van der Waals surface area contributed by atoms with E-state index in [2.05, 4.69) is 65.2 Å². The van der Waals surface area contributed by atoms with Crippen LogP contribution in [0.1, 0.15) is 58.3 Å². The molecule has 0 aliphatic heterocycles. The first-order valence-corrected chi connectivity index (χ1v) is 19.4. The Bertz CT molecular complexity index is 2420. The fraction of sp³-hybridized carbons (Fsp3) is 0.261. The molecule has 60 heavy (non-hydrogen) atoms. The van der Waals surface area contributed by atoms with E-state index in [9.17, 15) is 0 Å². The molecule has 0 amide bonds. The lowest BCUT2D eigenvalue weighted by atomic mass is 9.96. The van der Waals surface area contributed by atoms with Crippen molar-refractivity contribution >= 4 is 46.3 Å². The number of hydrogen-bond donors (Lipinski definition) is 4. The van der Waals surface area contributed by atoms with Crippen LogP contribution in [0.25, 0.3) is 9.69 Å². The zero-order valence-electron chi connectivity index (χ0n) is 34.4. The van der Waals surface area contributed by atoms with Crippen LogP contribution >= 0.6 is 0 Å². The Hall–Kier alpha value is -7.58. The minimum absolute atomic E-state index is 0.185. The van der Waals surface area contributed by atoms with Gasteiger partial charge in [-0.15, -0.1) is 0 Å². The standard InChI is InChI=1S/2C23H23N5O2/c2*1-24-19-11-8-15(13-20(19)30-4)26-23-27-21-17(9-10-18(21)22(25-2)28-23)14-6-5-7-16(12-14)29-3/h2*5-8,11-13,17H,9-10H2,2-4H3,(H2,25,26,27,28)/t2*17-/m10/s1. The van der Waals surface area contributed by atoms with E-state index in [1.165, 1.54) is 11.1 Å². The molecule has 304 valence electrons. The lowest BCUT2D eigenvalue weighted by Crippen LogP contribution is -2.08. The maximum atomic E-state index is 7.23. The Labute approximate surface area is 350 Å². The van der Waals surface area contributed by atoms with E-state index in [1.54, 1.807) is 52.7 Å². The van der Waals surface area contributed by atoms with Gasteiger partial charge in [-0.25, -0.2) is 19.7 Å². The van der Waals surface area contributed by atoms with Gasteiger partial charge in [0.1, 0.15) is 34.6 Å². The molecule has 2 aliphatic rings. The highest BCUT2D eigenvalue weighted by atomic mass is 16.5. The third kappa shape index (κ3) is 8.49. The quantitative estimate of drug-likeness (QED) is 0.0874. The third-order valence-corrected chi connectivity index (χ3v) is 10.7. The smallest absolute Gasteiger partial charge is 0.229 e. The molecule has 2 atom stereocenters. The Kier molecular flexibility index (Phi) is 12.4. The molecule has 2 aromatic heterocycles. The van der Waals surface area contributed by atoms with Crippen LogP contribution in [0.4, 0.5) is 46.3 Å². The second kappa shape index (κ2) is 18.3. The van der Waals surface area contributed by atoms with E-state index >= 15 is 0 Å². The van der Waals surface area contributed by atoms with Gasteiger partial charge < -0.3 is 40.2 Å². The number of methoxy groups -OCH3 is 4. The lowest BCUT2D eigenvalue weighted by Gasteiger charge is -2.16. The number of aromatic nitrogens is 4. The molecule has 0 saturated carbocycles. The van der Waals surface area contributed by atoms with Crippen LogP contribution in [0.3, 0.4) is 0 Å². The van der Waals surface area contributed by atoms with E-state index in [1.807, 2.05) is 50.5 Å². The average molecular weight is 803 g/mol. The van der Waals surface area contributed by atoms with E-state index in [0.717, 1.165) is 82.7 Å². The summed E-state index contributed by atoms with van der Waals surface area (Å²) in [6.45, 7) is 14.5. The van der Waals surface area contributed by atoms with Crippen LogP contribution in [-0.4, -0.2) is 62.5 Å². The molecular formula is C46H46N10O4. The zero-order chi connectivity index (χ0) is 42.2. The molecule has 8 rings (SSSR count). The normalized spacial score (nSPS) is 14.5. The van der Waals surface area contributed by atoms with E-state index in [4.69, 9.17) is 42.1 Å². The molecule has 0 unspecified atom stereocenters. The van der Waals surface area contributed by atoms with Gasteiger partial charge in [0.15, 0.2) is 0 Å². The molecule has 0 bridgehead atoms. The first-order chi connectivity index (χ1) is 29.3. The number of fused-ring (bicyclic) bond motifs is 2. The summed E-state index contributed by atoms with van der Waals surface area (Å²) >= 11 is 0. The summed E-state index contributed by atoms with van der Waals surface area (Å²) in [6, 6.07) is 26.9. The number of benzene rings is 4. The zero-order valence-corrected chi connectivity index (χ0v) is 34.4. The predicted octanol–water partition coefficient (Wildman–Crippen LogP) is 9.82. The van der Waals surface area contributed by atoms with Crippen LogP contribution in [0.5, 0.6) is 23.0 Å². The van der Waals surface area contributed by atoms with Gasteiger partial charge in [0.25, 0.3) is 0 Å². The van der Waals surface area contributed by atoms with Gasteiger partial charge in [0.05, 0.1) is 53.0 Å². The summed E-state index contributed by atoms with van der Waals surface area (Å²) in [6.07, 6.45) is 3.79. The first kappa shape index (κ1) is 40.6. The number of hydrogen-bond acceptors (Lipinski definition) is 12. The Morgan fingerprint density at radius 2 is 0.983 bits per heavy atom. The molecule has 4 aromatic carbocycles. The van der Waals surface area contributed by atoms with Gasteiger partial charge in [0, 0.05) is 48.4 Å². The molecule has 6 aromatic rings. The number of anilines is 6. The molecular weight excluding hydrogens is 757 g/mol. The first-order valence-electron chi connectivity index (χ1n) is 19.4. The maximum Gasteiger partial charge on any atom is 0.229 e. The Balaban J connectivity index is 0.000000181. The van der Waals surface area contributed by atoms with E-state index in [0.29, 0.717) is 34.8 Å². The van der Waals surface area contributed by atoms with Crippen molar-refractivity contribution in [1.82, 2.24) is 19.9 Å². The monoisotopic (exact) mass is 802 g/mol. The molecule has 14 nitrogen and oxygen atoms in total. The molecule has 2 aliphatic carbocycles. The third-order valence-electron chi connectivity index (χ3n) is 10.7. The van der Waals surface area contributed by atoms with Crippen molar-refractivity contribution in [3.05, 3.63) is 141 Å². The lowest BCUT2D eigenvalue weighted by molar-refractivity contribution is 0.414. The highest BCUT2D eigenvalue weighted by molar-refractivity contribution is 5.69. The summed E-state index contributed by atoms with van der Waals surface area (Å²) in [5.41, 5.74) is 9.16. The van der Waals surface area contributed by atoms with Crippen molar-refractivity contribution in [3.63, 3.8) is 0 Å². The fourth-order valence-corrected chi connectivity index (χ4v) is 7.77. The van der Waals surface area contributed by atoms with Crippen LogP contribution in [0.2, 0.25) is 0 Å². The molecule has 0 saturated heterocycles. The summed E-state index contributed by atoms with van der Waals surface area (Å²) in [4.78, 5) is 26.0. The summed E-state index contributed by atoms with van der Waals surface area (Å²) in [7, 11) is 10.2. The molecule has 0 spiro atoms. The van der Waals surface area contributed by atoms with Crippen molar-refractivity contribution in [2.24, 2.45) is 0 Å². The number of rotatable bonds is 12. The molecule has 14 heteroatoms. The van der Waals surface area contributed by atoms with Gasteiger partial charge >= 0.3 is 0 Å². The molecule has 0 radical (unpaired) electrons. The summed E-state index contributed by atoms with van der Waals surface area (Å²) < 4.78 is 21.4. The minimum Gasteiger partial charge on any atom is -0.508 e. The SMILES string of the molecule is [C-]#[N+]c1ccc(Nc2nc(NC)c3c(n2)[C@@H](c2cccc(OC)c2)CC3)cc1OC.[C-]#[N+]c1ccc(Nc2nc(NC)c3c(n2)[C@H](c2cccc(OC)c2)CC3)cc1OC. The highest BCUT2D eigenvalue weighted by Crippen LogP contribution is 2.43. The van der Waals surface area contributed by atoms with Gasteiger partial charge in [-0.1, -0.05) is 36.4 Å². The molecule has 2 heterocycles. The van der Waals surface area contributed by atoms with Crippen molar-refractivity contribution in [1.29, 1.82) is 0 Å². The average Bonchev–Trinajstić information content (AvgIpc) is 3.93. The van der Waals surface area contributed by atoms with Gasteiger partial charge in [-0.2, -0.15) is 9.97 Å². The summed E-state index contributed by atoms with van der Waals surface area (Å²) in [5.74, 6) is 5.75. The van der Waals surface area contributed by atoms with Crippen LogP contribution in [0, 0.1) is 13.1 Å². The second-order valence-corrected chi connectivity index (χ2v) is 14.0.